The normalized spacial score (nSPS) is 13.4. The first-order chi connectivity index (χ1) is 32.0. The molecule has 0 saturated heterocycles. The number of rotatable bonds is 52. The minimum Gasteiger partial charge on any atom is -0.462 e. The Bertz CT molecular complexity index is 1070. The molecule has 3 N–H and O–H groups in total. The van der Waals surface area contributed by atoms with Gasteiger partial charge in [0.05, 0.1) is 25.2 Å². The fourth-order valence-electron chi connectivity index (χ4n) is 8.88. The number of aliphatic hydroxyl groups is 2. The molecule has 3 atom stereocenters. The number of aliphatic hydroxyl groups excluding tert-OH is 2. The van der Waals surface area contributed by atoms with Crippen molar-refractivity contribution in [1.29, 1.82) is 0 Å². The van der Waals surface area contributed by atoms with Crippen molar-refractivity contribution >= 4 is 11.9 Å². The molecule has 0 spiro atoms. The first-order valence-electron chi connectivity index (χ1n) is 28.7. The van der Waals surface area contributed by atoms with E-state index in [1.807, 2.05) is 0 Å². The number of carbonyl (C=O) groups excluding carboxylic acids is 2. The summed E-state index contributed by atoms with van der Waals surface area (Å²) < 4.78 is 5.95. The summed E-state index contributed by atoms with van der Waals surface area (Å²) in [4.78, 5) is 26.2. The van der Waals surface area contributed by atoms with Gasteiger partial charge in [0.1, 0.15) is 6.10 Å². The molecule has 3 unspecified atom stereocenters. The monoisotopic (exact) mass is 914 g/mol. The van der Waals surface area contributed by atoms with Crippen molar-refractivity contribution in [1.82, 2.24) is 5.32 Å². The highest BCUT2D eigenvalue weighted by Gasteiger charge is 2.24. The summed E-state index contributed by atoms with van der Waals surface area (Å²) in [6.45, 7) is 6.41. The van der Waals surface area contributed by atoms with Gasteiger partial charge >= 0.3 is 5.97 Å². The molecule has 0 aromatic rings. The van der Waals surface area contributed by atoms with Gasteiger partial charge in [-0.1, -0.05) is 250 Å². The topological polar surface area (TPSA) is 95.9 Å². The van der Waals surface area contributed by atoms with Crippen LogP contribution in [0.2, 0.25) is 0 Å². The van der Waals surface area contributed by atoms with Crippen LogP contribution in [0, 0.1) is 0 Å². The SMILES string of the molecule is CC/C=C/C/C=C/CCCCCCCCCC(=O)OC(CCCCCCC/C=C/CCCCCCCC)CC(=O)NC(CO)C(O)CCCCCCCCCCCCCCCCCCC. The first-order valence-corrected chi connectivity index (χ1v) is 28.7. The summed E-state index contributed by atoms with van der Waals surface area (Å²) in [7, 11) is 0. The van der Waals surface area contributed by atoms with Gasteiger partial charge in [-0.15, -0.1) is 0 Å². The van der Waals surface area contributed by atoms with Crippen LogP contribution in [-0.4, -0.2) is 46.9 Å². The number of unbranched alkanes of at least 4 members (excludes halogenated alkanes) is 34. The van der Waals surface area contributed by atoms with E-state index in [-0.39, 0.29) is 24.9 Å². The van der Waals surface area contributed by atoms with Gasteiger partial charge in [-0.3, -0.25) is 9.59 Å². The highest BCUT2D eigenvalue weighted by Crippen LogP contribution is 2.18. The molecule has 0 aromatic carbocycles. The Morgan fingerprint density at radius 3 is 1.26 bits per heavy atom. The molecule has 0 heterocycles. The lowest BCUT2D eigenvalue weighted by Crippen LogP contribution is -2.46. The molecule has 65 heavy (non-hydrogen) atoms. The average molecular weight is 915 g/mol. The van der Waals surface area contributed by atoms with Crippen LogP contribution >= 0.6 is 0 Å². The molecule has 0 aromatic heterocycles. The zero-order valence-corrected chi connectivity index (χ0v) is 43.6. The Kier molecular flexibility index (Phi) is 51.5. The number of carbonyl (C=O) groups is 2. The maximum atomic E-state index is 13.3. The maximum absolute atomic E-state index is 13.3. The van der Waals surface area contributed by atoms with E-state index in [0.29, 0.717) is 19.3 Å². The zero-order chi connectivity index (χ0) is 47.4. The van der Waals surface area contributed by atoms with Crippen molar-refractivity contribution < 1.29 is 24.5 Å². The summed E-state index contributed by atoms with van der Waals surface area (Å²) in [5, 5.41) is 23.9. The van der Waals surface area contributed by atoms with Gasteiger partial charge in [0.25, 0.3) is 0 Å². The molecule has 1 amide bonds. The summed E-state index contributed by atoms with van der Waals surface area (Å²) in [5.41, 5.74) is 0. The third-order valence-corrected chi connectivity index (χ3v) is 13.2. The number of amides is 1. The lowest BCUT2D eigenvalue weighted by molar-refractivity contribution is -0.151. The molecule has 0 aliphatic carbocycles. The summed E-state index contributed by atoms with van der Waals surface area (Å²) in [5.74, 6) is -0.478. The Morgan fingerprint density at radius 1 is 0.462 bits per heavy atom. The third kappa shape index (κ3) is 48.3. The Labute approximate surface area is 404 Å². The van der Waals surface area contributed by atoms with Crippen LogP contribution in [0.25, 0.3) is 0 Å². The van der Waals surface area contributed by atoms with Crippen LogP contribution in [-0.2, 0) is 14.3 Å². The number of esters is 1. The molecule has 0 aliphatic heterocycles. The quantitative estimate of drug-likeness (QED) is 0.0321. The van der Waals surface area contributed by atoms with Crippen LogP contribution in [0.4, 0.5) is 0 Å². The summed E-state index contributed by atoms with van der Waals surface area (Å²) in [6, 6.07) is -0.704. The van der Waals surface area contributed by atoms with E-state index in [1.54, 1.807) is 0 Å². The van der Waals surface area contributed by atoms with Crippen LogP contribution in [0.1, 0.15) is 303 Å². The molecule has 0 radical (unpaired) electrons. The molecule has 0 saturated carbocycles. The van der Waals surface area contributed by atoms with Crippen molar-refractivity contribution in [3.8, 4) is 0 Å². The average Bonchev–Trinajstić information content (AvgIpc) is 3.30. The van der Waals surface area contributed by atoms with E-state index in [0.717, 1.165) is 77.0 Å². The number of hydrogen-bond acceptors (Lipinski definition) is 5. The van der Waals surface area contributed by atoms with Gasteiger partial charge in [0.2, 0.25) is 5.91 Å². The summed E-state index contributed by atoms with van der Waals surface area (Å²) in [6.07, 6.45) is 63.5. The molecular formula is C59H111NO5. The van der Waals surface area contributed by atoms with Gasteiger partial charge in [-0.2, -0.15) is 0 Å². The molecule has 0 aliphatic rings. The van der Waals surface area contributed by atoms with Gasteiger partial charge in [-0.25, -0.2) is 0 Å². The Balaban J connectivity index is 4.52. The van der Waals surface area contributed by atoms with Crippen molar-refractivity contribution in [2.24, 2.45) is 0 Å². The van der Waals surface area contributed by atoms with Crippen molar-refractivity contribution in [3.05, 3.63) is 36.5 Å². The van der Waals surface area contributed by atoms with E-state index in [1.165, 1.54) is 180 Å². The molecule has 0 rings (SSSR count). The minimum atomic E-state index is -0.790. The Morgan fingerprint density at radius 2 is 0.831 bits per heavy atom. The smallest absolute Gasteiger partial charge is 0.306 e. The molecule has 382 valence electrons. The molecule has 6 nitrogen and oxygen atoms in total. The largest absolute Gasteiger partial charge is 0.462 e. The zero-order valence-electron chi connectivity index (χ0n) is 43.6. The lowest BCUT2D eigenvalue weighted by atomic mass is 10.0. The van der Waals surface area contributed by atoms with E-state index in [2.05, 4.69) is 62.5 Å². The molecule has 0 bridgehead atoms. The van der Waals surface area contributed by atoms with Crippen LogP contribution in [0.5, 0.6) is 0 Å². The van der Waals surface area contributed by atoms with E-state index >= 15 is 0 Å². The highest BCUT2D eigenvalue weighted by atomic mass is 16.5. The maximum Gasteiger partial charge on any atom is 0.306 e. The van der Waals surface area contributed by atoms with Crippen molar-refractivity contribution in [2.45, 2.75) is 322 Å². The first kappa shape index (κ1) is 63.1. The Hall–Kier alpha value is -1.92. The second-order valence-electron chi connectivity index (χ2n) is 19.7. The predicted molar refractivity (Wildman–Crippen MR) is 282 cm³/mol. The number of allylic oxidation sites excluding steroid dienone is 6. The number of hydrogen-bond donors (Lipinski definition) is 3. The minimum absolute atomic E-state index is 0.0715. The van der Waals surface area contributed by atoms with Crippen molar-refractivity contribution in [3.63, 3.8) is 0 Å². The second-order valence-corrected chi connectivity index (χ2v) is 19.7. The number of nitrogens with one attached hydrogen (secondary N) is 1. The number of ether oxygens (including phenoxy) is 1. The van der Waals surface area contributed by atoms with Gasteiger partial charge in [-0.05, 0) is 77.0 Å². The van der Waals surface area contributed by atoms with Gasteiger partial charge in [0, 0.05) is 6.42 Å². The van der Waals surface area contributed by atoms with Gasteiger partial charge in [0.15, 0.2) is 0 Å². The predicted octanol–water partition coefficient (Wildman–Crippen LogP) is 17.6. The molecule has 0 fully saturated rings. The van der Waals surface area contributed by atoms with E-state index in [9.17, 15) is 19.8 Å². The third-order valence-electron chi connectivity index (χ3n) is 13.2. The van der Waals surface area contributed by atoms with Crippen molar-refractivity contribution in [2.75, 3.05) is 6.61 Å². The molecule has 6 heteroatoms. The van der Waals surface area contributed by atoms with E-state index < -0.39 is 18.2 Å². The fraction of sp³-hybridized carbons (Fsp3) is 0.864. The molecular weight excluding hydrogens is 803 g/mol. The fourth-order valence-corrected chi connectivity index (χ4v) is 8.88. The van der Waals surface area contributed by atoms with Gasteiger partial charge < -0.3 is 20.3 Å². The van der Waals surface area contributed by atoms with Crippen LogP contribution in [0.3, 0.4) is 0 Å². The van der Waals surface area contributed by atoms with Crippen LogP contribution < -0.4 is 5.32 Å². The second kappa shape index (κ2) is 53.0. The highest BCUT2D eigenvalue weighted by molar-refractivity contribution is 5.77. The lowest BCUT2D eigenvalue weighted by Gasteiger charge is -2.24. The summed E-state index contributed by atoms with van der Waals surface area (Å²) >= 11 is 0. The van der Waals surface area contributed by atoms with Crippen LogP contribution in [0.15, 0.2) is 36.5 Å². The van der Waals surface area contributed by atoms with E-state index in [4.69, 9.17) is 4.74 Å². The standard InChI is InChI=1S/C59H111NO5/c1-4-7-10-13-16-19-22-25-28-29-31-33-36-39-42-45-48-51-57(62)56(54-61)60-58(63)53-55(50-47-44-41-38-35-32-30-26-23-20-17-14-11-8-5-2)65-59(64)52-49-46-43-40-37-34-27-24-21-18-15-12-9-6-3/h9,12,18,21,26,30,55-57,61-62H,4-8,10-11,13-17,19-20,22-25,27-29,31-54H2,1-3H3,(H,60,63)/b12-9+,21-18+,30-26+.